The first-order valence-corrected chi connectivity index (χ1v) is 5.08. The number of rotatable bonds is 3. The molecule has 0 atom stereocenters. The molecule has 8 heteroatoms. The number of nitrogens with zero attached hydrogens (tertiary/aromatic N) is 3. The summed E-state index contributed by atoms with van der Waals surface area (Å²) in [7, 11) is 0. The van der Waals surface area contributed by atoms with E-state index in [2.05, 4.69) is 4.98 Å². The van der Waals surface area contributed by atoms with E-state index in [-0.39, 0.29) is 16.4 Å². The van der Waals surface area contributed by atoms with Crippen LogP contribution in [0.25, 0.3) is 5.69 Å². The van der Waals surface area contributed by atoms with Gasteiger partial charge in [0.2, 0.25) is 6.33 Å². The van der Waals surface area contributed by atoms with Gasteiger partial charge in [0.15, 0.2) is 0 Å². The van der Waals surface area contributed by atoms with Gasteiger partial charge in [-0.3, -0.25) is 4.57 Å². The number of nitro groups is 1. The van der Waals surface area contributed by atoms with Gasteiger partial charge in [-0.05, 0) is 28.1 Å². The average Bonchev–Trinajstić information content (AvgIpc) is 2.78. The molecular formula is C10H6ClN3O4. The molecule has 2 rings (SSSR count). The molecule has 1 heterocycles. The highest BCUT2D eigenvalue weighted by Gasteiger charge is 2.14. The van der Waals surface area contributed by atoms with E-state index in [1.165, 1.54) is 35.3 Å². The van der Waals surface area contributed by atoms with E-state index >= 15 is 0 Å². The third-order valence-corrected chi connectivity index (χ3v) is 2.53. The smallest absolute Gasteiger partial charge is 0.381 e. The van der Waals surface area contributed by atoms with E-state index in [4.69, 9.17) is 16.7 Å². The molecule has 92 valence electrons. The third kappa shape index (κ3) is 2.16. The second-order valence-corrected chi connectivity index (χ2v) is 3.77. The topological polar surface area (TPSA) is 98.3 Å². The molecule has 0 unspecified atom stereocenters. The van der Waals surface area contributed by atoms with Crippen molar-refractivity contribution in [1.29, 1.82) is 0 Å². The number of carbonyl (C=O) groups is 1. The molecule has 0 bridgehead atoms. The second-order valence-electron chi connectivity index (χ2n) is 3.37. The summed E-state index contributed by atoms with van der Waals surface area (Å²) in [5, 5.41) is 19.4. The van der Waals surface area contributed by atoms with Crippen LogP contribution >= 0.6 is 11.6 Å². The van der Waals surface area contributed by atoms with Crippen LogP contribution in [0, 0.1) is 10.1 Å². The lowest BCUT2D eigenvalue weighted by Gasteiger charge is -2.04. The van der Waals surface area contributed by atoms with Gasteiger partial charge < -0.3 is 15.2 Å². The highest BCUT2D eigenvalue weighted by molar-refractivity contribution is 6.32. The summed E-state index contributed by atoms with van der Waals surface area (Å²) in [6.45, 7) is 0. The molecule has 0 aliphatic carbocycles. The summed E-state index contributed by atoms with van der Waals surface area (Å²) < 4.78 is 1.35. The quantitative estimate of drug-likeness (QED) is 0.678. The van der Waals surface area contributed by atoms with Crippen LogP contribution in [0.15, 0.2) is 30.7 Å². The molecule has 18 heavy (non-hydrogen) atoms. The first kappa shape index (κ1) is 12.1. The van der Waals surface area contributed by atoms with Gasteiger partial charge in [-0.2, -0.15) is 0 Å². The molecule has 0 saturated carbocycles. The monoisotopic (exact) mass is 267 g/mol. The fourth-order valence-electron chi connectivity index (χ4n) is 1.39. The summed E-state index contributed by atoms with van der Waals surface area (Å²) in [6.07, 6.45) is 2.43. The maximum atomic E-state index is 10.7. The second kappa shape index (κ2) is 4.46. The molecule has 0 radical (unpaired) electrons. The Labute approximate surface area is 105 Å². The Bertz CT molecular complexity index is 638. The molecule has 1 aromatic carbocycles. The number of halogens is 1. The molecule has 0 saturated heterocycles. The summed E-state index contributed by atoms with van der Waals surface area (Å²) in [5.41, 5.74) is 0.459. The summed E-state index contributed by atoms with van der Waals surface area (Å²) >= 11 is 5.92. The van der Waals surface area contributed by atoms with E-state index < -0.39 is 10.9 Å². The van der Waals surface area contributed by atoms with Gasteiger partial charge in [0.05, 0.1) is 16.3 Å². The zero-order valence-electron chi connectivity index (χ0n) is 8.78. The van der Waals surface area contributed by atoms with Crippen LogP contribution in [0.5, 0.6) is 0 Å². The van der Waals surface area contributed by atoms with Crippen LogP contribution in [0.1, 0.15) is 10.4 Å². The van der Waals surface area contributed by atoms with E-state index in [1.807, 2.05) is 0 Å². The van der Waals surface area contributed by atoms with E-state index in [0.717, 1.165) is 0 Å². The van der Waals surface area contributed by atoms with Crippen LogP contribution in [0.3, 0.4) is 0 Å². The first-order valence-electron chi connectivity index (χ1n) is 4.70. The highest BCUT2D eigenvalue weighted by atomic mass is 35.5. The first-order chi connectivity index (χ1) is 8.49. The molecule has 1 aromatic heterocycles. The molecule has 0 amide bonds. The maximum absolute atomic E-state index is 10.7. The lowest BCUT2D eigenvalue weighted by molar-refractivity contribution is -0.389. The SMILES string of the molecule is O=C(O)c1ccc(-n2cnc([N+](=O)[O-])c2)c(Cl)c1. The Kier molecular flexibility index (Phi) is 2.99. The van der Waals surface area contributed by atoms with Crippen LogP contribution in [0.4, 0.5) is 5.82 Å². The Morgan fingerprint density at radius 3 is 2.72 bits per heavy atom. The Balaban J connectivity index is 2.44. The largest absolute Gasteiger partial charge is 0.478 e. The van der Waals surface area contributed by atoms with Crippen molar-refractivity contribution in [2.45, 2.75) is 0 Å². The minimum absolute atomic E-state index is 0.0402. The zero-order valence-corrected chi connectivity index (χ0v) is 9.53. The van der Waals surface area contributed by atoms with Gasteiger partial charge in [-0.15, -0.1) is 0 Å². The van der Waals surface area contributed by atoms with Crippen LogP contribution in [-0.2, 0) is 0 Å². The van der Waals surface area contributed by atoms with Gasteiger partial charge >= 0.3 is 11.8 Å². The summed E-state index contributed by atoms with van der Waals surface area (Å²) in [6, 6.07) is 4.08. The fraction of sp³-hybridized carbons (Fsp3) is 0. The fourth-order valence-corrected chi connectivity index (χ4v) is 1.67. The molecule has 7 nitrogen and oxygen atoms in total. The minimum atomic E-state index is -1.10. The van der Waals surface area contributed by atoms with Crippen molar-refractivity contribution in [2.24, 2.45) is 0 Å². The number of carboxylic acid groups (broad SMARTS) is 1. The molecule has 0 aliphatic rings. The lowest BCUT2D eigenvalue weighted by atomic mass is 10.2. The predicted octanol–water partition coefficient (Wildman–Crippen LogP) is 2.13. The van der Waals surface area contributed by atoms with Crippen molar-refractivity contribution in [3.05, 3.63) is 51.4 Å². The van der Waals surface area contributed by atoms with Crippen molar-refractivity contribution in [1.82, 2.24) is 9.55 Å². The minimum Gasteiger partial charge on any atom is -0.478 e. The molecular weight excluding hydrogens is 262 g/mol. The predicted molar refractivity (Wildman–Crippen MR) is 62.2 cm³/mol. The summed E-state index contributed by atoms with van der Waals surface area (Å²) in [5.74, 6) is -1.41. The number of carboxylic acids is 1. The molecule has 0 aliphatic heterocycles. The van der Waals surface area contributed by atoms with Gasteiger partial charge in [0.25, 0.3) is 0 Å². The van der Waals surface area contributed by atoms with Gasteiger partial charge in [0, 0.05) is 0 Å². The van der Waals surface area contributed by atoms with Crippen molar-refractivity contribution in [3.8, 4) is 5.69 Å². The number of imidazole rings is 1. The molecule has 1 N–H and O–H groups in total. The van der Waals surface area contributed by atoms with E-state index in [1.54, 1.807) is 0 Å². The van der Waals surface area contributed by atoms with Crippen LogP contribution < -0.4 is 0 Å². The van der Waals surface area contributed by atoms with Gasteiger partial charge in [-0.1, -0.05) is 11.6 Å². The number of hydrogen-bond donors (Lipinski definition) is 1. The average molecular weight is 268 g/mol. The van der Waals surface area contributed by atoms with Crippen molar-refractivity contribution >= 4 is 23.4 Å². The maximum Gasteiger partial charge on any atom is 0.381 e. The lowest BCUT2D eigenvalue weighted by Crippen LogP contribution is -1.98. The molecule has 0 fully saturated rings. The number of aromatic carboxylic acids is 1. The third-order valence-electron chi connectivity index (χ3n) is 2.23. The highest BCUT2D eigenvalue weighted by Crippen LogP contribution is 2.23. The normalized spacial score (nSPS) is 10.3. The zero-order chi connectivity index (χ0) is 13.3. The van der Waals surface area contributed by atoms with Gasteiger partial charge in [-0.25, -0.2) is 4.79 Å². The molecule has 2 aromatic rings. The van der Waals surface area contributed by atoms with E-state index in [0.29, 0.717) is 5.69 Å². The van der Waals surface area contributed by atoms with Crippen molar-refractivity contribution in [2.75, 3.05) is 0 Å². The summed E-state index contributed by atoms with van der Waals surface area (Å²) in [4.78, 5) is 24.2. The van der Waals surface area contributed by atoms with Crippen molar-refractivity contribution < 1.29 is 14.8 Å². The van der Waals surface area contributed by atoms with Crippen LogP contribution in [-0.4, -0.2) is 25.6 Å². The Morgan fingerprint density at radius 1 is 1.50 bits per heavy atom. The molecule has 0 spiro atoms. The standard InChI is InChI=1S/C10H6ClN3O4/c11-7-3-6(10(15)16)1-2-8(7)13-4-9(12-5-13)14(17)18/h1-5H,(H,15,16). The van der Waals surface area contributed by atoms with Crippen molar-refractivity contribution in [3.63, 3.8) is 0 Å². The Morgan fingerprint density at radius 2 is 2.22 bits per heavy atom. The van der Waals surface area contributed by atoms with E-state index in [9.17, 15) is 14.9 Å². The van der Waals surface area contributed by atoms with Crippen LogP contribution in [0.2, 0.25) is 5.02 Å². The number of aromatic nitrogens is 2. The number of hydrogen-bond acceptors (Lipinski definition) is 4. The van der Waals surface area contributed by atoms with Gasteiger partial charge in [0.1, 0.15) is 6.20 Å². The number of benzene rings is 1. The Hall–Kier alpha value is -2.41.